The Bertz CT molecular complexity index is 1270. The largest absolute Gasteiger partial charge is 0.383 e. The molecule has 4 heterocycles. The first kappa shape index (κ1) is 21.2. The molecule has 1 saturated heterocycles. The van der Waals surface area contributed by atoms with E-state index in [0.717, 1.165) is 62.0 Å². The van der Waals surface area contributed by atoms with Crippen LogP contribution >= 0.6 is 0 Å². The van der Waals surface area contributed by atoms with Crippen LogP contribution in [-0.2, 0) is 11.8 Å². The summed E-state index contributed by atoms with van der Waals surface area (Å²) in [5.41, 5.74) is 9.55. The Morgan fingerprint density at radius 3 is 2.58 bits per heavy atom. The molecule has 1 fully saturated rings. The van der Waals surface area contributed by atoms with Crippen LogP contribution in [0.15, 0.2) is 37.2 Å². The molecule has 0 unspecified atom stereocenters. The molecule has 170 valence electrons. The number of anilines is 1. The zero-order chi connectivity index (χ0) is 23.2. The molecule has 8 nitrogen and oxygen atoms in total. The van der Waals surface area contributed by atoms with Crippen LogP contribution in [0, 0.1) is 11.5 Å². The molecule has 2 aliphatic rings. The van der Waals surface area contributed by atoms with Crippen molar-refractivity contribution in [1.82, 2.24) is 29.4 Å². The van der Waals surface area contributed by atoms with Crippen molar-refractivity contribution in [2.24, 2.45) is 12.5 Å². The monoisotopic (exact) mass is 447 g/mol. The molecule has 5 rings (SSSR count). The predicted molar refractivity (Wildman–Crippen MR) is 124 cm³/mol. The van der Waals surface area contributed by atoms with Crippen LogP contribution in [0.5, 0.6) is 0 Å². The lowest BCUT2D eigenvalue weighted by Crippen LogP contribution is -2.43. The van der Waals surface area contributed by atoms with Gasteiger partial charge in [-0.2, -0.15) is 14.4 Å². The van der Waals surface area contributed by atoms with E-state index in [1.165, 1.54) is 6.08 Å². The average molecular weight is 448 g/mol. The summed E-state index contributed by atoms with van der Waals surface area (Å²) in [4.78, 5) is 30.5. The molecule has 3 aromatic heterocycles. The molecule has 2 N–H and O–H groups in total. The summed E-state index contributed by atoms with van der Waals surface area (Å²) in [7, 11) is 1.86. The Hall–Kier alpha value is -3.62. The summed E-state index contributed by atoms with van der Waals surface area (Å²) in [6.07, 6.45) is 10.9. The maximum Gasteiger partial charge on any atom is 0.312 e. The van der Waals surface area contributed by atoms with Gasteiger partial charge in [0, 0.05) is 32.5 Å². The Kier molecular flexibility index (Phi) is 5.19. The van der Waals surface area contributed by atoms with E-state index in [1.807, 2.05) is 16.5 Å². The number of likely N-dealkylation sites (tertiary alicyclic amines) is 1. The number of halogens is 1. The Morgan fingerprint density at radius 2 is 1.94 bits per heavy atom. The fourth-order valence-corrected chi connectivity index (χ4v) is 5.28. The van der Waals surface area contributed by atoms with Gasteiger partial charge in [-0.3, -0.25) is 4.79 Å². The van der Waals surface area contributed by atoms with Gasteiger partial charge < -0.3 is 15.2 Å². The molecule has 3 aromatic rings. The maximum absolute atomic E-state index is 14.0. The molecule has 33 heavy (non-hydrogen) atoms. The number of carbonyl (C=O) groups excluding carboxylic acids is 1. The zero-order valence-electron chi connectivity index (χ0n) is 18.6. The summed E-state index contributed by atoms with van der Waals surface area (Å²) in [6.45, 7) is 5.12. The predicted octanol–water partition coefficient (Wildman–Crippen LogP) is 3.51. The molecular formula is C24H26FN7O. The molecule has 1 spiro atoms. The highest BCUT2D eigenvalue weighted by Gasteiger charge is 2.37. The van der Waals surface area contributed by atoms with Crippen molar-refractivity contribution in [2.45, 2.75) is 32.1 Å². The highest BCUT2D eigenvalue weighted by Crippen LogP contribution is 2.48. The lowest BCUT2D eigenvalue weighted by Gasteiger charge is -2.43. The molecular weight excluding hydrogens is 421 g/mol. The number of carbonyl (C=O) groups is 1. The van der Waals surface area contributed by atoms with E-state index >= 15 is 0 Å². The van der Waals surface area contributed by atoms with E-state index < -0.39 is 6.08 Å². The summed E-state index contributed by atoms with van der Waals surface area (Å²) < 4.78 is 15.9. The normalized spacial score (nSPS) is 17.9. The Morgan fingerprint density at radius 1 is 1.21 bits per heavy atom. The second kappa shape index (κ2) is 8.06. The van der Waals surface area contributed by atoms with Crippen molar-refractivity contribution < 1.29 is 9.18 Å². The number of nitrogens with two attached hydrogens (primary N) is 1. The first-order valence-electron chi connectivity index (χ1n) is 11.1. The van der Waals surface area contributed by atoms with Gasteiger partial charge in [-0.1, -0.05) is 12.7 Å². The first-order valence-corrected chi connectivity index (χ1v) is 11.1. The van der Waals surface area contributed by atoms with E-state index in [-0.39, 0.29) is 17.1 Å². The highest BCUT2D eigenvalue weighted by atomic mass is 19.1. The SMILES string of the molecule is C=CC(=O)N1CCC2(CC=C(c3c(-c4ncccn4)c4c(N)nc(F)nc4n3C)CC2)CC1. The summed E-state index contributed by atoms with van der Waals surface area (Å²) >= 11 is 0. The van der Waals surface area contributed by atoms with Gasteiger partial charge in [0.2, 0.25) is 5.91 Å². The number of fused-ring (bicyclic) bond motifs is 1. The maximum atomic E-state index is 14.0. The van der Waals surface area contributed by atoms with E-state index in [1.54, 1.807) is 18.5 Å². The van der Waals surface area contributed by atoms with Gasteiger partial charge in [-0.25, -0.2) is 9.97 Å². The van der Waals surface area contributed by atoms with Gasteiger partial charge in [0.05, 0.1) is 16.6 Å². The number of nitrogen functional groups attached to an aromatic ring is 1. The molecule has 1 amide bonds. The minimum Gasteiger partial charge on any atom is -0.383 e. The lowest BCUT2D eigenvalue weighted by molar-refractivity contribution is -0.128. The lowest BCUT2D eigenvalue weighted by atomic mass is 9.68. The minimum atomic E-state index is -0.856. The Labute approximate surface area is 191 Å². The van der Waals surface area contributed by atoms with Gasteiger partial charge in [-0.15, -0.1) is 0 Å². The van der Waals surface area contributed by atoms with Crippen molar-refractivity contribution in [2.75, 3.05) is 18.8 Å². The first-order chi connectivity index (χ1) is 15.9. The van der Waals surface area contributed by atoms with Crippen LogP contribution in [0.4, 0.5) is 10.2 Å². The quantitative estimate of drug-likeness (QED) is 0.487. The standard InChI is InChI=1S/C24H26FN7O/c1-3-16(33)32-13-9-24(10-14-32)7-5-15(6-8-24)19-17(21-27-11-4-12-28-21)18-20(26)29-23(25)30-22(18)31(19)2/h3-5,11-12H,1,6-10,13-14H2,2H3,(H2,26,29,30). The van der Waals surface area contributed by atoms with Gasteiger partial charge in [0.25, 0.3) is 0 Å². The molecule has 1 aliphatic carbocycles. The van der Waals surface area contributed by atoms with Gasteiger partial charge in [0.15, 0.2) is 5.82 Å². The van der Waals surface area contributed by atoms with E-state index in [2.05, 4.69) is 32.6 Å². The number of aryl methyl sites for hydroxylation is 1. The number of amides is 1. The van der Waals surface area contributed by atoms with Crippen molar-refractivity contribution in [3.05, 3.63) is 49.0 Å². The number of nitrogens with zero attached hydrogens (tertiary/aromatic N) is 6. The fraction of sp³-hybridized carbons (Fsp3) is 0.375. The third-order valence-electron chi connectivity index (χ3n) is 7.14. The third kappa shape index (κ3) is 3.57. The fourth-order valence-electron chi connectivity index (χ4n) is 5.28. The number of hydrogen-bond acceptors (Lipinski definition) is 6. The van der Waals surface area contributed by atoms with E-state index in [4.69, 9.17) is 5.73 Å². The van der Waals surface area contributed by atoms with Crippen LogP contribution in [0.25, 0.3) is 28.0 Å². The van der Waals surface area contributed by atoms with Gasteiger partial charge >= 0.3 is 6.08 Å². The molecule has 9 heteroatoms. The van der Waals surface area contributed by atoms with Crippen molar-refractivity contribution in [3.63, 3.8) is 0 Å². The van der Waals surface area contributed by atoms with Crippen LogP contribution in [0.2, 0.25) is 0 Å². The van der Waals surface area contributed by atoms with Crippen LogP contribution in [0.3, 0.4) is 0 Å². The molecule has 0 atom stereocenters. The zero-order valence-corrected chi connectivity index (χ0v) is 18.6. The second-order valence-electron chi connectivity index (χ2n) is 8.89. The molecule has 0 saturated carbocycles. The molecule has 1 aliphatic heterocycles. The van der Waals surface area contributed by atoms with E-state index in [9.17, 15) is 9.18 Å². The number of rotatable bonds is 3. The minimum absolute atomic E-state index is 0.00539. The number of allylic oxidation sites excluding steroid dienone is 2. The molecule has 0 radical (unpaired) electrons. The van der Waals surface area contributed by atoms with E-state index in [0.29, 0.717) is 16.9 Å². The number of hydrogen-bond donors (Lipinski definition) is 1. The van der Waals surface area contributed by atoms with Crippen molar-refractivity contribution in [3.8, 4) is 11.4 Å². The van der Waals surface area contributed by atoms with Crippen molar-refractivity contribution in [1.29, 1.82) is 0 Å². The molecule has 0 aromatic carbocycles. The smallest absolute Gasteiger partial charge is 0.312 e. The van der Waals surface area contributed by atoms with Crippen LogP contribution < -0.4 is 5.73 Å². The van der Waals surface area contributed by atoms with Crippen LogP contribution in [-0.4, -0.2) is 48.4 Å². The summed E-state index contributed by atoms with van der Waals surface area (Å²) in [5, 5.41) is 0.567. The third-order valence-corrected chi connectivity index (χ3v) is 7.14. The summed E-state index contributed by atoms with van der Waals surface area (Å²) in [5.74, 6) is 0.595. The topological polar surface area (TPSA) is 103 Å². The van der Waals surface area contributed by atoms with Crippen molar-refractivity contribution >= 4 is 28.3 Å². The number of piperidine rings is 1. The van der Waals surface area contributed by atoms with Gasteiger partial charge in [0.1, 0.15) is 11.5 Å². The Balaban J connectivity index is 1.55. The molecule has 0 bridgehead atoms. The average Bonchev–Trinajstić information content (AvgIpc) is 3.13. The van der Waals surface area contributed by atoms with Crippen LogP contribution in [0.1, 0.15) is 37.8 Å². The highest BCUT2D eigenvalue weighted by molar-refractivity contribution is 6.04. The van der Waals surface area contributed by atoms with Gasteiger partial charge in [-0.05, 0) is 55.2 Å². The second-order valence-corrected chi connectivity index (χ2v) is 8.89. The number of aromatic nitrogens is 5. The summed E-state index contributed by atoms with van der Waals surface area (Å²) in [6, 6.07) is 1.75.